The molecule has 8 nitrogen and oxygen atoms in total. The van der Waals surface area contributed by atoms with E-state index >= 15 is 0 Å². The minimum absolute atomic E-state index is 0.0425. The lowest BCUT2D eigenvalue weighted by atomic mass is 10.2. The van der Waals surface area contributed by atoms with Crippen molar-refractivity contribution in [1.29, 1.82) is 0 Å². The molecule has 0 saturated carbocycles. The molecule has 2 heterocycles. The Balaban J connectivity index is 1.32. The fourth-order valence-corrected chi connectivity index (χ4v) is 4.00. The van der Waals surface area contributed by atoms with Gasteiger partial charge in [-0.3, -0.25) is 14.4 Å². The predicted octanol–water partition coefficient (Wildman–Crippen LogP) is 3.20. The molecule has 0 radical (unpaired) electrons. The van der Waals surface area contributed by atoms with Crippen LogP contribution in [0.25, 0.3) is 0 Å². The summed E-state index contributed by atoms with van der Waals surface area (Å²) in [6.45, 7) is 4.69. The smallest absolute Gasteiger partial charge is 0.276 e. The van der Waals surface area contributed by atoms with Crippen molar-refractivity contribution in [2.24, 2.45) is 0 Å². The molecule has 0 bridgehead atoms. The molecule has 0 unspecified atom stereocenters. The van der Waals surface area contributed by atoms with E-state index in [0.717, 1.165) is 24.3 Å². The first-order valence-corrected chi connectivity index (χ1v) is 11.5. The number of aryl methyl sites for hydroxylation is 2. The monoisotopic (exact) mass is 479 g/mol. The number of benzene rings is 2. The molecule has 1 fully saturated rings. The number of anilines is 2. The number of hydrogen-bond acceptors (Lipinski definition) is 5. The number of rotatable bonds is 6. The van der Waals surface area contributed by atoms with Gasteiger partial charge in [0.15, 0.2) is 0 Å². The first-order valence-electron chi connectivity index (χ1n) is 11.1. The van der Waals surface area contributed by atoms with Crippen molar-refractivity contribution in [2.75, 3.05) is 36.4 Å². The van der Waals surface area contributed by atoms with Crippen molar-refractivity contribution in [3.8, 4) is 0 Å². The SMILES string of the molecule is Cc1cccc(NC(=O)c2ccc(=O)n(CCC(=O)N3CCN(c4ccc(Cl)cc4)CC3)n2)c1. The molecular formula is C25H26ClN5O3. The molecule has 1 saturated heterocycles. The second kappa shape index (κ2) is 10.5. The molecule has 0 spiro atoms. The van der Waals surface area contributed by atoms with Gasteiger partial charge in [-0.05, 0) is 55.0 Å². The maximum atomic E-state index is 12.7. The molecule has 2 aromatic carbocycles. The van der Waals surface area contributed by atoms with Gasteiger partial charge >= 0.3 is 0 Å². The first-order chi connectivity index (χ1) is 16.4. The van der Waals surface area contributed by atoms with Gasteiger partial charge in [-0.2, -0.15) is 5.10 Å². The molecular weight excluding hydrogens is 454 g/mol. The number of halogens is 1. The van der Waals surface area contributed by atoms with Crippen LogP contribution >= 0.6 is 11.6 Å². The van der Waals surface area contributed by atoms with Gasteiger partial charge in [0.2, 0.25) is 5.91 Å². The summed E-state index contributed by atoms with van der Waals surface area (Å²) in [5, 5.41) is 7.64. The van der Waals surface area contributed by atoms with Crippen LogP contribution in [0.4, 0.5) is 11.4 Å². The number of piperazine rings is 1. The van der Waals surface area contributed by atoms with E-state index in [0.29, 0.717) is 23.8 Å². The maximum Gasteiger partial charge on any atom is 0.276 e. The van der Waals surface area contributed by atoms with Crippen LogP contribution in [0.5, 0.6) is 0 Å². The van der Waals surface area contributed by atoms with E-state index in [4.69, 9.17) is 11.6 Å². The summed E-state index contributed by atoms with van der Waals surface area (Å²) in [7, 11) is 0. The summed E-state index contributed by atoms with van der Waals surface area (Å²) < 4.78 is 1.17. The van der Waals surface area contributed by atoms with Gasteiger partial charge in [0, 0.05) is 55.1 Å². The Morgan fingerprint density at radius 2 is 1.74 bits per heavy atom. The molecule has 2 amide bonds. The van der Waals surface area contributed by atoms with E-state index in [1.165, 1.54) is 16.8 Å². The molecule has 0 atom stereocenters. The van der Waals surface area contributed by atoms with Crippen LogP contribution in [0.3, 0.4) is 0 Å². The average Bonchev–Trinajstić information content (AvgIpc) is 2.84. The van der Waals surface area contributed by atoms with E-state index in [9.17, 15) is 14.4 Å². The summed E-state index contributed by atoms with van der Waals surface area (Å²) in [4.78, 5) is 41.5. The molecule has 1 aromatic heterocycles. The average molecular weight is 480 g/mol. The molecule has 3 aromatic rings. The van der Waals surface area contributed by atoms with Crippen molar-refractivity contribution in [3.05, 3.63) is 87.3 Å². The zero-order chi connectivity index (χ0) is 24.1. The Morgan fingerprint density at radius 1 is 1.00 bits per heavy atom. The highest BCUT2D eigenvalue weighted by molar-refractivity contribution is 6.30. The largest absolute Gasteiger partial charge is 0.368 e. The molecule has 176 valence electrons. The Hall–Kier alpha value is -3.65. The maximum absolute atomic E-state index is 12.7. The number of hydrogen-bond donors (Lipinski definition) is 1. The standard InChI is InChI=1S/C25H26ClN5O3/c1-18-3-2-4-20(17-18)27-25(34)22-9-10-24(33)31(28-22)12-11-23(32)30-15-13-29(14-16-30)21-7-5-19(26)6-8-21/h2-10,17H,11-16H2,1H3,(H,27,34). The van der Waals surface area contributed by atoms with Crippen molar-refractivity contribution < 1.29 is 9.59 Å². The molecule has 9 heteroatoms. The van der Waals surface area contributed by atoms with Crippen LogP contribution in [0.2, 0.25) is 5.02 Å². The molecule has 1 aliphatic heterocycles. The second-order valence-corrected chi connectivity index (χ2v) is 8.63. The van der Waals surface area contributed by atoms with Crippen molar-refractivity contribution in [1.82, 2.24) is 14.7 Å². The van der Waals surface area contributed by atoms with Crippen LogP contribution in [0, 0.1) is 6.92 Å². The lowest BCUT2D eigenvalue weighted by Crippen LogP contribution is -2.49. The Morgan fingerprint density at radius 3 is 2.44 bits per heavy atom. The van der Waals surface area contributed by atoms with Crippen molar-refractivity contribution in [3.63, 3.8) is 0 Å². The van der Waals surface area contributed by atoms with Gasteiger partial charge in [-0.1, -0.05) is 23.7 Å². The third-order valence-corrected chi connectivity index (χ3v) is 5.99. The van der Waals surface area contributed by atoms with E-state index in [1.54, 1.807) is 11.0 Å². The minimum atomic E-state index is -0.413. The highest BCUT2D eigenvalue weighted by Crippen LogP contribution is 2.19. The van der Waals surface area contributed by atoms with E-state index in [2.05, 4.69) is 15.3 Å². The van der Waals surface area contributed by atoms with Gasteiger partial charge in [-0.15, -0.1) is 0 Å². The molecule has 34 heavy (non-hydrogen) atoms. The van der Waals surface area contributed by atoms with E-state index in [-0.39, 0.29) is 30.1 Å². The van der Waals surface area contributed by atoms with Crippen LogP contribution in [0.15, 0.2) is 65.5 Å². The lowest BCUT2D eigenvalue weighted by molar-refractivity contribution is -0.131. The van der Waals surface area contributed by atoms with Crippen molar-refractivity contribution in [2.45, 2.75) is 19.9 Å². The third-order valence-electron chi connectivity index (χ3n) is 5.74. The number of amides is 2. The Bertz CT molecular complexity index is 1230. The quantitative estimate of drug-likeness (QED) is 0.586. The normalized spacial score (nSPS) is 13.6. The zero-order valence-electron chi connectivity index (χ0n) is 18.9. The zero-order valence-corrected chi connectivity index (χ0v) is 19.7. The van der Waals surface area contributed by atoms with Gasteiger partial charge in [-0.25, -0.2) is 4.68 Å². The highest BCUT2D eigenvalue weighted by Gasteiger charge is 2.21. The van der Waals surface area contributed by atoms with Crippen molar-refractivity contribution >= 4 is 34.8 Å². The lowest BCUT2D eigenvalue weighted by Gasteiger charge is -2.36. The fourth-order valence-electron chi connectivity index (χ4n) is 3.87. The molecule has 1 aliphatic rings. The number of aromatic nitrogens is 2. The Labute approximate surface area is 202 Å². The summed E-state index contributed by atoms with van der Waals surface area (Å²) in [5.41, 5.74) is 2.51. The minimum Gasteiger partial charge on any atom is -0.368 e. The van der Waals surface area contributed by atoms with Crippen LogP contribution in [-0.2, 0) is 11.3 Å². The van der Waals surface area contributed by atoms with Gasteiger partial charge in [0.05, 0.1) is 6.54 Å². The predicted molar refractivity (Wildman–Crippen MR) is 132 cm³/mol. The highest BCUT2D eigenvalue weighted by atomic mass is 35.5. The third kappa shape index (κ3) is 5.82. The number of carbonyl (C=O) groups is 2. The summed E-state index contributed by atoms with van der Waals surface area (Å²) in [6.07, 6.45) is 0.136. The van der Waals surface area contributed by atoms with Gasteiger partial charge < -0.3 is 15.1 Å². The molecule has 4 rings (SSSR count). The van der Waals surface area contributed by atoms with Crippen LogP contribution < -0.4 is 15.8 Å². The van der Waals surface area contributed by atoms with E-state index < -0.39 is 5.91 Å². The Kier molecular flexibility index (Phi) is 7.27. The number of nitrogens with one attached hydrogen (secondary N) is 1. The first kappa shape index (κ1) is 23.5. The summed E-state index contributed by atoms with van der Waals surface area (Å²) in [6, 6.07) is 17.8. The fraction of sp³-hybridized carbons (Fsp3) is 0.280. The van der Waals surface area contributed by atoms with Crippen LogP contribution in [-0.4, -0.2) is 52.7 Å². The topological polar surface area (TPSA) is 87.5 Å². The summed E-state index contributed by atoms with van der Waals surface area (Å²) in [5.74, 6) is -0.455. The molecule has 0 aliphatic carbocycles. The van der Waals surface area contributed by atoms with Gasteiger partial charge in [0.25, 0.3) is 11.5 Å². The molecule has 1 N–H and O–H groups in total. The number of nitrogens with zero attached hydrogens (tertiary/aromatic N) is 4. The van der Waals surface area contributed by atoms with Gasteiger partial charge in [0.1, 0.15) is 5.69 Å². The van der Waals surface area contributed by atoms with Crippen LogP contribution in [0.1, 0.15) is 22.5 Å². The second-order valence-electron chi connectivity index (χ2n) is 8.20. The number of carbonyl (C=O) groups excluding carboxylic acids is 2. The van der Waals surface area contributed by atoms with E-state index in [1.807, 2.05) is 49.4 Å². The summed E-state index contributed by atoms with van der Waals surface area (Å²) >= 11 is 5.96.